The molecule has 1 aromatic carbocycles. The zero-order valence-electron chi connectivity index (χ0n) is 13.3. The van der Waals surface area contributed by atoms with Crippen molar-refractivity contribution in [3.8, 4) is 5.69 Å². The number of rotatable bonds is 7. The third-order valence-electron chi connectivity index (χ3n) is 3.66. The summed E-state index contributed by atoms with van der Waals surface area (Å²) in [6.45, 7) is 4.00. The molecule has 1 atom stereocenters. The summed E-state index contributed by atoms with van der Waals surface area (Å²) >= 11 is 0. The molecular formula is C17H21N3O3. The van der Waals surface area contributed by atoms with Crippen molar-refractivity contribution in [1.29, 1.82) is 0 Å². The summed E-state index contributed by atoms with van der Waals surface area (Å²) in [5.74, 6) is -1.20. The molecular weight excluding hydrogens is 294 g/mol. The molecule has 6 heteroatoms. The summed E-state index contributed by atoms with van der Waals surface area (Å²) < 4.78 is 1.45. The Kier molecular flexibility index (Phi) is 5.51. The minimum Gasteiger partial charge on any atom is -0.476 e. The number of carboxylic acid groups (broad SMARTS) is 1. The predicted octanol–water partition coefficient (Wildman–Crippen LogP) is 3.34. The molecule has 23 heavy (non-hydrogen) atoms. The van der Waals surface area contributed by atoms with Crippen LogP contribution in [0.25, 0.3) is 5.69 Å². The maximum absolute atomic E-state index is 12.3. The fraction of sp³-hybridized carbons (Fsp3) is 0.353. The number of carbonyl (C=O) groups excluding carboxylic acids is 1. The fourth-order valence-electron chi connectivity index (χ4n) is 2.25. The largest absolute Gasteiger partial charge is 0.476 e. The minimum atomic E-state index is -1.08. The second kappa shape index (κ2) is 7.58. The number of nitrogens with zero attached hydrogens (tertiary/aromatic N) is 2. The average molecular weight is 315 g/mol. The molecule has 0 saturated heterocycles. The molecule has 2 aromatic rings. The van der Waals surface area contributed by atoms with Crippen LogP contribution in [0.3, 0.4) is 0 Å². The molecule has 1 unspecified atom stereocenters. The Hall–Kier alpha value is -2.63. The SMILES string of the molecule is CCCCC(C)C(=O)Nc1ccccc1-n1ccc(C(=O)O)n1. The van der Waals surface area contributed by atoms with E-state index in [0.717, 1.165) is 19.3 Å². The maximum atomic E-state index is 12.3. The van der Waals surface area contributed by atoms with Crippen LogP contribution in [-0.2, 0) is 4.79 Å². The Bertz CT molecular complexity index is 694. The lowest BCUT2D eigenvalue weighted by molar-refractivity contribution is -0.119. The molecule has 1 aromatic heterocycles. The Morgan fingerprint density at radius 3 is 2.70 bits per heavy atom. The Morgan fingerprint density at radius 1 is 1.30 bits per heavy atom. The van der Waals surface area contributed by atoms with Crippen LogP contribution in [0.1, 0.15) is 43.6 Å². The van der Waals surface area contributed by atoms with E-state index >= 15 is 0 Å². The highest BCUT2D eigenvalue weighted by Gasteiger charge is 2.15. The van der Waals surface area contributed by atoms with E-state index < -0.39 is 5.97 Å². The number of anilines is 1. The van der Waals surface area contributed by atoms with Gasteiger partial charge in [-0.25, -0.2) is 9.48 Å². The van der Waals surface area contributed by atoms with Crippen molar-refractivity contribution in [2.24, 2.45) is 5.92 Å². The molecule has 0 aliphatic rings. The molecule has 0 bridgehead atoms. The van der Waals surface area contributed by atoms with E-state index in [-0.39, 0.29) is 17.5 Å². The van der Waals surface area contributed by atoms with E-state index in [4.69, 9.17) is 5.11 Å². The quantitative estimate of drug-likeness (QED) is 0.820. The molecule has 2 rings (SSSR count). The van der Waals surface area contributed by atoms with Gasteiger partial charge in [-0.2, -0.15) is 5.10 Å². The number of carboxylic acids is 1. The Labute approximate surface area is 135 Å². The van der Waals surface area contributed by atoms with Gasteiger partial charge in [0.15, 0.2) is 5.69 Å². The summed E-state index contributed by atoms with van der Waals surface area (Å²) in [7, 11) is 0. The van der Waals surface area contributed by atoms with Crippen molar-refractivity contribution >= 4 is 17.6 Å². The van der Waals surface area contributed by atoms with Gasteiger partial charge in [-0.05, 0) is 24.6 Å². The number of aromatic nitrogens is 2. The van der Waals surface area contributed by atoms with Crippen LogP contribution in [-0.4, -0.2) is 26.8 Å². The lowest BCUT2D eigenvalue weighted by Gasteiger charge is -2.14. The van der Waals surface area contributed by atoms with Crippen LogP contribution in [0.2, 0.25) is 0 Å². The van der Waals surface area contributed by atoms with Gasteiger partial charge in [0.2, 0.25) is 5.91 Å². The van der Waals surface area contributed by atoms with Crippen LogP contribution in [0.15, 0.2) is 36.5 Å². The van der Waals surface area contributed by atoms with Gasteiger partial charge >= 0.3 is 5.97 Å². The number of benzene rings is 1. The number of para-hydroxylation sites is 2. The molecule has 6 nitrogen and oxygen atoms in total. The van der Waals surface area contributed by atoms with Crippen molar-refractivity contribution in [3.05, 3.63) is 42.2 Å². The summed E-state index contributed by atoms with van der Waals surface area (Å²) in [6, 6.07) is 8.61. The summed E-state index contributed by atoms with van der Waals surface area (Å²) in [5.41, 5.74) is 1.21. The number of nitrogens with one attached hydrogen (secondary N) is 1. The van der Waals surface area contributed by atoms with E-state index in [1.54, 1.807) is 18.3 Å². The van der Waals surface area contributed by atoms with Crippen LogP contribution in [0.4, 0.5) is 5.69 Å². The van der Waals surface area contributed by atoms with Gasteiger partial charge < -0.3 is 10.4 Å². The van der Waals surface area contributed by atoms with Gasteiger partial charge in [0.1, 0.15) is 0 Å². The molecule has 1 amide bonds. The summed E-state index contributed by atoms with van der Waals surface area (Å²) in [6.07, 6.45) is 4.47. The summed E-state index contributed by atoms with van der Waals surface area (Å²) in [4.78, 5) is 23.2. The van der Waals surface area contributed by atoms with E-state index in [1.807, 2.05) is 19.1 Å². The normalized spacial score (nSPS) is 11.9. The van der Waals surface area contributed by atoms with E-state index in [9.17, 15) is 9.59 Å². The lowest BCUT2D eigenvalue weighted by Crippen LogP contribution is -2.21. The molecule has 0 aliphatic carbocycles. The minimum absolute atomic E-state index is 0.0394. The highest BCUT2D eigenvalue weighted by Crippen LogP contribution is 2.21. The molecule has 0 saturated carbocycles. The first-order valence-electron chi connectivity index (χ1n) is 7.72. The van der Waals surface area contributed by atoms with Gasteiger partial charge in [0.25, 0.3) is 0 Å². The van der Waals surface area contributed by atoms with Gasteiger partial charge in [0, 0.05) is 12.1 Å². The standard InChI is InChI=1S/C17H21N3O3/c1-3-4-7-12(2)16(21)18-13-8-5-6-9-15(13)20-11-10-14(19-20)17(22)23/h5-6,8-12H,3-4,7H2,1-2H3,(H,18,21)(H,22,23). The molecule has 0 aliphatic heterocycles. The van der Waals surface area contributed by atoms with Gasteiger partial charge in [0.05, 0.1) is 11.4 Å². The number of hydrogen-bond acceptors (Lipinski definition) is 3. The fourth-order valence-corrected chi connectivity index (χ4v) is 2.25. The van der Waals surface area contributed by atoms with Crippen molar-refractivity contribution in [2.45, 2.75) is 33.1 Å². The number of amides is 1. The first kappa shape index (κ1) is 16.7. The summed E-state index contributed by atoms with van der Waals surface area (Å²) in [5, 5.41) is 15.9. The number of unbranched alkanes of at least 4 members (excludes halogenated alkanes) is 1. The van der Waals surface area contributed by atoms with E-state index in [1.165, 1.54) is 10.7 Å². The van der Waals surface area contributed by atoms with Crippen molar-refractivity contribution in [3.63, 3.8) is 0 Å². The maximum Gasteiger partial charge on any atom is 0.356 e. The van der Waals surface area contributed by atoms with Crippen molar-refractivity contribution < 1.29 is 14.7 Å². The lowest BCUT2D eigenvalue weighted by atomic mass is 10.0. The zero-order chi connectivity index (χ0) is 16.8. The zero-order valence-corrected chi connectivity index (χ0v) is 13.3. The van der Waals surface area contributed by atoms with E-state index in [2.05, 4.69) is 17.3 Å². The van der Waals surface area contributed by atoms with Crippen LogP contribution < -0.4 is 5.32 Å². The third-order valence-corrected chi connectivity index (χ3v) is 3.66. The predicted molar refractivity (Wildman–Crippen MR) is 87.8 cm³/mol. The monoisotopic (exact) mass is 315 g/mol. The number of carbonyl (C=O) groups is 2. The average Bonchev–Trinajstić information content (AvgIpc) is 3.03. The van der Waals surface area contributed by atoms with Gasteiger partial charge in [-0.1, -0.05) is 38.8 Å². The van der Waals surface area contributed by atoms with Crippen LogP contribution >= 0.6 is 0 Å². The van der Waals surface area contributed by atoms with E-state index in [0.29, 0.717) is 11.4 Å². The number of hydrogen-bond donors (Lipinski definition) is 2. The first-order valence-corrected chi connectivity index (χ1v) is 7.72. The van der Waals surface area contributed by atoms with Crippen LogP contribution in [0, 0.1) is 5.92 Å². The second-order valence-corrected chi connectivity index (χ2v) is 5.50. The second-order valence-electron chi connectivity index (χ2n) is 5.50. The number of aromatic carboxylic acids is 1. The topological polar surface area (TPSA) is 84.2 Å². The first-order chi connectivity index (χ1) is 11.0. The molecule has 1 heterocycles. The molecule has 122 valence electrons. The molecule has 0 radical (unpaired) electrons. The smallest absolute Gasteiger partial charge is 0.356 e. The van der Waals surface area contributed by atoms with Crippen molar-refractivity contribution in [2.75, 3.05) is 5.32 Å². The Morgan fingerprint density at radius 2 is 2.04 bits per heavy atom. The third kappa shape index (κ3) is 4.18. The van der Waals surface area contributed by atoms with Gasteiger partial charge in [-0.3, -0.25) is 4.79 Å². The molecule has 2 N–H and O–H groups in total. The van der Waals surface area contributed by atoms with Crippen molar-refractivity contribution in [1.82, 2.24) is 9.78 Å². The van der Waals surface area contributed by atoms with Crippen LogP contribution in [0.5, 0.6) is 0 Å². The highest BCUT2D eigenvalue weighted by atomic mass is 16.4. The highest BCUT2D eigenvalue weighted by molar-refractivity contribution is 5.94. The molecule has 0 fully saturated rings. The Balaban J connectivity index is 2.20. The molecule has 0 spiro atoms. The van der Waals surface area contributed by atoms with Gasteiger partial charge in [-0.15, -0.1) is 0 Å².